The van der Waals surface area contributed by atoms with Crippen LogP contribution >= 0.6 is 20.3 Å². The first-order chi connectivity index (χ1) is 35.5. The zero-order valence-electron chi connectivity index (χ0n) is 46.0. The van der Waals surface area contributed by atoms with E-state index < -0.39 is 64.0 Å². The van der Waals surface area contributed by atoms with E-state index in [2.05, 4.69) is 76.5 Å². The average molecular weight is 1090 g/mol. The fourth-order valence-corrected chi connectivity index (χ4v) is 12.3. The molecule has 0 bridgehead atoms. The van der Waals surface area contributed by atoms with Crippen LogP contribution in [0.25, 0.3) is 0 Å². The maximum absolute atomic E-state index is 14.5. The molecule has 0 radical (unpaired) electrons. The molecular formula is C57H77N4O11PSSi. The highest BCUT2D eigenvalue weighted by molar-refractivity contribution is 8.13. The molecule has 1 aliphatic heterocycles. The number of ether oxygens (including phenoxy) is 5. The van der Waals surface area contributed by atoms with E-state index in [4.69, 9.17) is 37.2 Å². The molecule has 4 aromatic carbocycles. The maximum atomic E-state index is 14.5. The Hall–Kier alpha value is -4.94. The Morgan fingerprint density at radius 1 is 0.773 bits per heavy atom. The van der Waals surface area contributed by atoms with Crippen LogP contribution in [-0.4, -0.2) is 104 Å². The molecule has 1 fully saturated rings. The van der Waals surface area contributed by atoms with Gasteiger partial charge in [-0.3, -0.25) is 14.2 Å². The molecule has 18 heteroatoms. The molecule has 1 amide bonds. The highest BCUT2D eigenvalue weighted by Crippen LogP contribution is 2.52. The number of anilines is 1. The number of hydrogen-bond donors (Lipinski definition) is 1. The molecule has 75 heavy (non-hydrogen) atoms. The summed E-state index contributed by atoms with van der Waals surface area (Å²) in [6, 6.07) is 36.0. The summed E-state index contributed by atoms with van der Waals surface area (Å²) in [5, 5.41) is 2.47. The van der Waals surface area contributed by atoms with E-state index in [0.717, 1.165) is 16.7 Å². The van der Waals surface area contributed by atoms with E-state index in [9.17, 15) is 14.4 Å². The molecule has 1 aromatic heterocycles. The fourth-order valence-electron chi connectivity index (χ4n) is 8.33. The lowest BCUT2D eigenvalue weighted by Crippen LogP contribution is -2.50. The van der Waals surface area contributed by atoms with Crippen molar-refractivity contribution >= 4 is 45.4 Å². The number of carbonyl (C=O) groups is 2. The predicted molar refractivity (Wildman–Crippen MR) is 300 cm³/mol. The van der Waals surface area contributed by atoms with Crippen molar-refractivity contribution in [2.45, 2.75) is 130 Å². The molecule has 1 aliphatic rings. The third-order valence-corrected chi connectivity index (χ3v) is 21.1. The van der Waals surface area contributed by atoms with E-state index in [1.807, 2.05) is 118 Å². The molecule has 15 nitrogen and oxygen atoms in total. The lowest BCUT2D eigenvalue weighted by atomic mass is 9.80. The number of hydrogen-bond acceptors (Lipinski definition) is 14. The van der Waals surface area contributed by atoms with Gasteiger partial charge >= 0.3 is 5.69 Å². The summed E-state index contributed by atoms with van der Waals surface area (Å²) >= 11 is 1.24. The molecule has 0 saturated carbocycles. The number of carbonyl (C=O) groups excluding carboxylic acids is 2. The van der Waals surface area contributed by atoms with Crippen LogP contribution in [0.3, 0.4) is 0 Å². The quantitative estimate of drug-likeness (QED) is 0.0269. The number of thioether (sulfide) groups is 1. The minimum atomic E-state index is -2.74. The van der Waals surface area contributed by atoms with Gasteiger partial charge in [0.25, 0.3) is 14.4 Å². The molecule has 0 aliphatic carbocycles. The predicted octanol–water partition coefficient (Wildman–Crippen LogP) is 11.6. The fraction of sp³-hybridized carbons (Fsp3) is 0.474. The van der Waals surface area contributed by atoms with E-state index in [0.29, 0.717) is 23.0 Å². The van der Waals surface area contributed by atoms with Crippen LogP contribution in [0.1, 0.15) is 92.2 Å². The normalized spacial score (nSPS) is 17.8. The largest absolute Gasteiger partial charge is 0.497 e. The van der Waals surface area contributed by atoms with Crippen LogP contribution < -0.4 is 25.2 Å². The summed E-state index contributed by atoms with van der Waals surface area (Å²) in [5.41, 5.74) is 0.00654. The smallest absolute Gasteiger partial charge is 0.351 e. The number of nitrogens with one attached hydrogen (secondary N) is 1. The van der Waals surface area contributed by atoms with Crippen molar-refractivity contribution in [3.8, 4) is 17.2 Å². The number of rotatable bonds is 24. The van der Waals surface area contributed by atoms with Crippen LogP contribution in [0.4, 0.5) is 5.82 Å². The Bertz CT molecular complexity index is 2610. The van der Waals surface area contributed by atoms with Crippen molar-refractivity contribution < 1.29 is 46.7 Å². The van der Waals surface area contributed by atoms with Gasteiger partial charge in [-0.15, -0.1) is 0 Å². The van der Waals surface area contributed by atoms with E-state index in [1.54, 1.807) is 38.6 Å². The number of benzene rings is 4. The van der Waals surface area contributed by atoms with Crippen LogP contribution in [0, 0.1) is 5.41 Å². The molecule has 1 unspecified atom stereocenters. The Morgan fingerprint density at radius 3 is 1.83 bits per heavy atom. The van der Waals surface area contributed by atoms with Crippen molar-refractivity contribution in [1.29, 1.82) is 0 Å². The molecule has 0 spiro atoms. The Kier molecular flexibility index (Phi) is 20.5. The molecule has 5 atom stereocenters. The van der Waals surface area contributed by atoms with Gasteiger partial charge < -0.3 is 42.5 Å². The van der Waals surface area contributed by atoms with Gasteiger partial charge in [-0.05, 0) is 105 Å². The standard InChI is InChI=1S/C57H77N4O11PSSi/c1-39(2)61(40(3)4)73(69-35-36-74-53(63)55(5,6)7)71-50-47(37-68-57(41-21-17-15-18-22-41,42-25-29-44(65-11)30-26-42)43-27-31-45(66-12)32-28-43)70-52(51(50)72-75(13,14)56(8,9)10)60-34-33-48(59-54(60)64)58-49(62)38-67-46-23-19-16-20-24-46/h15-34,39-40,47,50-52H,35-38H2,1-14H3,(H,58,59,62,64)/t47-,50+,51+,52-,73?/m1/s1. The second kappa shape index (κ2) is 25.9. The van der Waals surface area contributed by atoms with Crippen LogP contribution in [0.5, 0.6) is 17.2 Å². The second-order valence-electron chi connectivity index (χ2n) is 21.5. The van der Waals surface area contributed by atoms with E-state index in [-0.39, 0.29) is 47.9 Å². The summed E-state index contributed by atoms with van der Waals surface area (Å²) in [7, 11) is -1.37. The summed E-state index contributed by atoms with van der Waals surface area (Å²) in [6.45, 7) is 24.7. The first-order valence-electron chi connectivity index (χ1n) is 25.4. The second-order valence-corrected chi connectivity index (χ2v) is 28.7. The van der Waals surface area contributed by atoms with Crippen molar-refractivity contribution in [3.05, 3.63) is 149 Å². The minimum Gasteiger partial charge on any atom is -0.497 e. The topological polar surface area (TPSA) is 158 Å². The Balaban J connectivity index is 1.49. The van der Waals surface area contributed by atoms with Gasteiger partial charge in [0, 0.05) is 29.4 Å². The van der Waals surface area contributed by atoms with Gasteiger partial charge in [0.1, 0.15) is 47.0 Å². The molecule has 1 N–H and O–H groups in total. The summed E-state index contributed by atoms with van der Waals surface area (Å²) in [4.78, 5) is 45.0. The van der Waals surface area contributed by atoms with Gasteiger partial charge in [0.05, 0.1) is 27.4 Å². The molecule has 2 heterocycles. The molecule has 1 saturated heterocycles. The number of nitrogens with zero attached hydrogens (tertiary/aromatic N) is 3. The number of amides is 1. The van der Waals surface area contributed by atoms with Gasteiger partial charge in [0.15, 0.2) is 26.3 Å². The van der Waals surface area contributed by atoms with Gasteiger partial charge in [0.2, 0.25) is 0 Å². The SMILES string of the molecule is COc1ccc(C(OC[C@H]2O[C@@H](n3ccc(NC(=O)COc4ccccc4)nc3=O)[C@@H](O[Si](C)(C)C(C)(C)C)[C@H]2OP(OCCSC(=O)C(C)(C)C)N(C(C)C)C(C)C)(c2ccccc2)c2ccc(OC)cc2)cc1. The van der Waals surface area contributed by atoms with Crippen molar-refractivity contribution in [2.24, 2.45) is 5.41 Å². The third kappa shape index (κ3) is 15.0. The average Bonchev–Trinajstić information content (AvgIpc) is 3.69. The van der Waals surface area contributed by atoms with Crippen LogP contribution in [-0.2, 0) is 38.1 Å². The summed E-state index contributed by atoms with van der Waals surface area (Å²) < 4.78 is 56.9. The highest BCUT2D eigenvalue weighted by atomic mass is 32.2. The third-order valence-electron chi connectivity index (χ3n) is 13.2. The summed E-state index contributed by atoms with van der Waals surface area (Å²) in [5.74, 6) is 1.85. The van der Waals surface area contributed by atoms with E-state index >= 15 is 0 Å². The number of para-hydroxylation sites is 1. The zero-order chi connectivity index (χ0) is 54.7. The minimum absolute atomic E-state index is 0.0314. The number of aromatic nitrogens is 2. The van der Waals surface area contributed by atoms with Crippen molar-refractivity contribution in [2.75, 3.05) is 45.1 Å². The van der Waals surface area contributed by atoms with Crippen molar-refractivity contribution in [1.82, 2.24) is 14.2 Å². The maximum Gasteiger partial charge on any atom is 0.351 e. The highest BCUT2D eigenvalue weighted by Gasteiger charge is 2.54. The van der Waals surface area contributed by atoms with Gasteiger partial charge in [-0.25, -0.2) is 9.46 Å². The summed E-state index contributed by atoms with van der Waals surface area (Å²) in [6.07, 6.45) is -2.28. The zero-order valence-corrected chi connectivity index (χ0v) is 48.7. The first-order valence-corrected chi connectivity index (χ1v) is 30.5. The monoisotopic (exact) mass is 1080 g/mol. The van der Waals surface area contributed by atoms with Crippen LogP contribution in [0.2, 0.25) is 18.1 Å². The Labute approximate surface area is 450 Å². The molecule has 406 valence electrons. The molecule has 6 rings (SSSR count). The Morgan fingerprint density at radius 2 is 1.32 bits per heavy atom. The lowest BCUT2D eigenvalue weighted by Gasteiger charge is -2.42. The van der Waals surface area contributed by atoms with E-state index in [1.165, 1.54) is 16.3 Å². The van der Waals surface area contributed by atoms with Crippen molar-refractivity contribution in [3.63, 3.8) is 0 Å². The molecular weight excluding hydrogens is 1010 g/mol. The van der Waals surface area contributed by atoms with Gasteiger partial charge in [-0.1, -0.05) is 126 Å². The molecule has 5 aromatic rings. The first kappa shape index (κ1) is 59.3. The lowest BCUT2D eigenvalue weighted by molar-refractivity contribution is -0.118. The number of methoxy groups -OCH3 is 2. The van der Waals surface area contributed by atoms with Crippen LogP contribution in [0.15, 0.2) is 126 Å². The van der Waals surface area contributed by atoms with Gasteiger partial charge in [-0.2, -0.15) is 4.98 Å².